The number of hydrogen-bond donors (Lipinski definition) is 0. The highest BCUT2D eigenvalue weighted by Crippen LogP contribution is 2.33. The Morgan fingerprint density at radius 2 is 1.96 bits per heavy atom. The molecule has 26 heavy (non-hydrogen) atoms. The lowest BCUT2D eigenvalue weighted by Crippen LogP contribution is -2.24. The summed E-state index contributed by atoms with van der Waals surface area (Å²) in [6.07, 6.45) is 1.35. The van der Waals surface area contributed by atoms with Crippen LogP contribution in [0.15, 0.2) is 53.1 Å². The normalized spacial score (nSPS) is 17.1. The van der Waals surface area contributed by atoms with Crippen LogP contribution < -0.4 is 4.90 Å². The van der Waals surface area contributed by atoms with E-state index in [0.29, 0.717) is 35.3 Å². The topological polar surface area (TPSA) is 59.2 Å². The minimum Gasteiger partial charge on any atom is -0.334 e. The second-order valence-corrected chi connectivity index (χ2v) is 6.77. The molecule has 0 radical (unpaired) electrons. The number of rotatable bonds is 4. The molecular weight excluding hydrogens is 350 g/mol. The number of halogens is 1. The zero-order chi connectivity index (χ0) is 18.1. The summed E-state index contributed by atoms with van der Waals surface area (Å²) in [6.45, 7) is 2.66. The highest BCUT2D eigenvalue weighted by molar-refractivity contribution is 6.33. The van der Waals surface area contributed by atoms with Crippen LogP contribution >= 0.6 is 11.6 Å². The minimum absolute atomic E-state index is 0.0725. The van der Waals surface area contributed by atoms with Gasteiger partial charge in [-0.1, -0.05) is 47.9 Å². The second-order valence-electron chi connectivity index (χ2n) is 6.36. The van der Waals surface area contributed by atoms with Crippen molar-refractivity contribution in [2.24, 2.45) is 0 Å². The predicted octanol–water partition coefficient (Wildman–Crippen LogP) is 4.47. The van der Waals surface area contributed by atoms with Crippen LogP contribution in [-0.2, 0) is 11.2 Å². The van der Waals surface area contributed by atoms with E-state index in [1.165, 1.54) is 5.56 Å². The Morgan fingerprint density at radius 1 is 1.19 bits per heavy atom. The van der Waals surface area contributed by atoms with E-state index in [4.69, 9.17) is 16.1 Å². The van der Waals surface area contributed by atoms with Crippen LogP contribution in [-0.4, -0.2) is 22.6 Å². The first kappa shape index (κ1) is 16.8. The van der Waals surface area contributed by atoms with Gasteiger partial charge in [0.05, 0.1) is 10.6 Å². The molecular formula is C20H18ClN3O2. The minimum atomic E-state index is -0.0895. The van der Waals surface area contributed by atoms with Gasteiger partial charge >= 0.3 is 0 Å². The summed E-state index contributed by atoms with van der Waals surface area (Å²) in [7, 11) is 0. The van der Waals surface area contributed by atoms with E-state index in [2.05, 4.69) is 29.2 Å². The van der Waals surface area contributed by atoms with Gasteiger partial charge in [0.15, 0.2) is 5.82 Å². The zero-order valence-electron chi connectivity index (χ0n) is 14.4. The number of anilines is 1. The maximum atomic E-state index is 12.5. The quantitative estimate of drug-likeness (QED) is 0.682. The van der Waals surface area contributed by atoms with Crippen LogP contribution in [0.1, 0.15) is 30.7 Å². The summed E-state index contributed by atoms with van der Waals surface area (Å²) in [6, 6.07) is 15.4. The van der Waals surface area contributed by atoms with E-state index in [0.717, 1.165) is 12.1 Å². The highest BCUT2D eigenvalue weighted by Gasteiger charge is 2.34. The summed E-state index contributed by atoms with van der Waals surface area (Å²) in [4.78, 5) is 18.7. The van der Waals surface area contributed by atoms with Crippen LogP contribution in [0.3, 0.4) is 0 Å². The van der Waals surface area contributed by atoms with Gasteiger partial charge in [-0.2, -0.15) is 4.98 Å². The summed E-state index contributed by atoms with van der Waals surface area (Å²) >= 11 is 6.19. The maximum absolute atomic E-state index is 12.5. The predicted molar refractivity (Wildman–Crippen MR) is 100 cm³/mol. The van der Waals surface area contributed by atoms with Crippen molar-refractivity contribution in [2.45, 2.75) is 25.7 Å². The Hall–Kier alpha value is -2.66. The third-order valence-corrected chi connectivity index (χ3v) is 5.02. The molecule has 0 saturated carbocycles. The largest absolute Gasteiger partial charge is 0.334 e. The molecule has 1 atom stereocenters. The van der Waals surface area contributed by atoms with Crippen molar-refractivity contribution in [3.05, 3.63) is 64.9 Å². The molecule has 0 spiro atoms. The molecule has 5 nitrogen and oxygen atoms in total. The van der Waals surface area contributed by atoms with Gasteiger partial charge in [-0.3, -0.25) is 4.79 Å². The lowest BCUT2D eigenvalue weighted by atomic mass is 10.1. The number of aromatic nitrogens is 2. The zero-order valence-corrected chi connectivity index (χ0v) is 15.1. The summed E-state index contributed by atoms with van der Waals surface area (Å²) in [5.74, 6) is 0.904. The van der Waals surface area contributed by atoms with Crippen LogP contribution in [0.4, 0.5) is 5.69 Å². The molecule has 1 fully saturated rings. The molecule has 3 aromatic rings. The molecule has 1 aliphatic rings. The molecule has 4 rings (SSSR count). The summed E-state index contributed by atoms with van der Waals surface area (Å²) in [5.41, 5.74) is 2.85. The molecule has 1 unspecified atom stereocenters. The smallest absolute Gasteiger partial charge is 0.259 e. The molecule has 1 saturated heterocycles. The highest BCUT2D eigenvalue weighted by atomic mass is 35.5. The third kappa shape index (κ3) is 3.10. The molecule has 132 valence electrons. The van der Waals surface area contributed by atoms with Crippen molar-refractivity contribution < 1.29 is 9.32 Å². The molecule has 0 bridgehead atoms. The molecule has 1 amide bonds. The molecule has 1 aliphatic heterocycles. The Kier molecular flexibility index (Phi) is 4.47. The number of carbonyl (C=O) groups excluding carboxylic acids is 1. The first-order valence-electron chi connectivity index (χ1n) is 8.63. The van der Waals surface area contributed by atoms with E-state index in [1.807, 2.05) is 30.3 Å². The number of amides is 1. The van der Waals surface area contributed by atoms with E-state index >= 15 is 0 Å². The fourth-order valence-corrected chi connectivity index (χ4v) is 3.40. The number of carbonyl (C=O) groups is 1. The van der Waals surface area contributed by atoms with Gasteiger partial charge in [-0.05, 0) is 36.2 Å². The fourth-order valence-electron chi connectivity index (χ4n) is 3.19. The monoisotopic (exact) mass is 367 g/mol. The van der Waals surface area contributed by atoms with Crippen LogP contribution in [0.25, 0.3) is 11.5 Å². The molecule has 1 aromatic heterocycles. The van der Waals surface area contributed by atoms with Crippen LogP contribution in [0.2, 0.25) is 5.02 Å². The second kappa shape index (κ2) is 6.92. The van der Waals surface area contributed by atoms with Crippen molar-refractivity contribution in [2.75, 3.05) is 11.4 Å². The molecule has 0 N–H and O–H groups in total. The number of benzene rings is 2. The van der Waals surface area contributed by atoms with E-state index in [1.54, 1.807) is 11.0 Å². The average molecular weight is 368 g/mol. The van der Waals surface area contributed by atoms with Gasteiger partial charge in [-0.25, -0.2) is 0 Å². The Bertz CT molecular complexity index is 936. The van der Waals surface area contributed by atoms with Crippen LogP contribution in [0.5, 0.6) is 0 Å². The van der Waals surface area contributed by atoms with Gasteiger partial charge in [0.1, 0.15) is 0 Å². The summed E-state index contributed by atoms with van der Waals surface area (Å²) < 4.78 is 5.38. The van der Waals surface area contributed by atoms with Crippen molar-refractivity contribution in [3.63, 3.8) is 0 Å². The van der Waals surface area contributed by atoms with Gasteiger partial charge in [0.25, 0.3) is 5.89 Å². The molecule has 2 aromatic carbocycles. The molecule has 0 aliphatic carbocycles. The standard InChI is InChI=1S/C20H18ClN3O2/c1-2-13-7-9-15(10-8-13)24-12-14(11-18(24)25)19-22-20(26-23-19)16-5-3-4-6-17(16)21/h3-10,14H,2,11-12H2,1H3. The Labute approximate surface area is 156 Å². The fraction of sp³-hybridized carbons (Fsp3) is 0.250. The van der Waals surface area contributed by atoms with Crippen molar-refractivity contribution in [3.8, 4) is 11.5 Å². The first-order valence-corrected chi connectivity index (χ1v) is 9.01. The lowest BCUT2D eigenvalue weighted by Gasteiger charge is -2.16. The van der Waals surface area contributed by atoms with Gasteiger partial charge in [0.2, 0.25) is 5.91 Å². The first-order chi connectivity index (χ1) is 12.7. The van der Waals surface area contributed by atoms with Gasteiger partial charge in [0, 0.05) is 24.6 Å². The number of aryl methyl sites for hydroxylation is 1. The van der Waals surface area contributed by atoms with E-state index in [-0.39, 0.29) is 11.8 Å². The number of hydrogen-bond acceptors (Lipinski definition) is 4. The Balaban J connectivity index is 1.55. The molecule has 6 heteroatoms. The third-order valence-electron chi connectivity index (χ3n) is 4.69. The van der Waals surface area contributed by atoms with E-state index in [9.17, 15) is 4.79 Å². The maximum Gasteiger partial charge on any atom is 0.259 e. The van der Waals surface area contributed by atoms with Crippen molar-refractivity contribution in [1.82, 2.24) is 10.1 Å². The van der Waals surface area contributed by atoms with E-state index < -0.39 is 0 Å². The number of nitrogens with zero attached hydrogens (tertiary/aromatic N) is 3. The van der Waals surface area contributed by atoms with Crippen molar-refractivity contribution >= 4 is 23.2 Å². The SMILES string of the molecule is CCc1ccc(N2CC(c3noc(-c4ccccc4Cl)n3)CC2=O)cc1. The average Bonchev–Trinajstić information content (AvgIpc) is 3.29. The summed E-state index contributed by atoms with van der Waals surface area (Å²) in [5, 5.41) is 4.64. The van der Waals surface area contributed by atoms with Gasteiger partial charge < -0.3 is 9.42 Å². The van der Waals surface area contributed by atoms with Gasteiger partial charge in [-0.15, -0.1) is 0 Å². The Morgan fingerprint density at radius 3 is 2.69 bits per heavy atom. The van der Waals surface area contributed by atoms with Crippen molar-refractivity contribution in [1.29, 1.82) is 0 Å². The van der Waals surface area contributed by atoms with Crippen LogP contribution in [0, 0.1) is 0 Å². The molecule has 2 heterocycles. The lowest BCUT2D eigenvalue weighted by molar-refractivity contribution is -0.117.